The van der Waals surface area contributed by atoms with Crippen LogP contribution >= 0.6 is 0 Å². The van der Waals surface area contributed by atoms with Crippen LogP contribution in [-0.4, -0.2) is 126 Å². The lowest BCUT2D eigenvalue weighted by atomic mass is 9.39. The highest BCUT2D eigenvalue weighted by atomic mass is 16.6. The molecule has 0 aromatic rings. The van der Waals surface area contributed by atoms with Gasteiger partial charge < -0.3 is 39.0 Å². The number of nitrogens with zero attached hydrogens (tertiary/aromatic N) is 2. The van der Waals surface area contributed by atoms with E-state index in [1.54, 1.807) is 13.8 Å². The summed E-state index contributed by atoms with van der Waals surface area (Å²) in [5.41, 5.74) is -7.53. The normalized spacial score (nSPS) is 42.3. The SMILES string of the molecule is C=C[C@@]1(C)CC(=O)[C@]2(O)[C@@]3(C)[C@@H](O)CCC(C)(C)[C@@H]3[C@H](OC(=O)CCN3CCN(C)CC3)[C@H](OC(=O)COC)[C@@]2(C)O1. The highest BCUT2D eigenvalue weighted by molar-refractivity contribution is 5.92. The van der Waals surface area contributed by atoms with Crippen molar-refractivity contribution in [3.05, 3.63) is 12.7 Å². The van der Waals surface area contributed by atoms with Crippen molar-refractivity contribution >= 4 is 17.7 Å². The largest absolute Gasteiger partial charge is 0.458 e. The van der Waals surface area contributed by atoms with E-state index in [-0.39, 0.29) is 12.8 Å². The molecule has 2 aliphatic carbocycles. The maximum absolute atomic E-state index is 14.2. The second-order valence-electron chi connectivity index (χ2n) is 14.0. The Kier molecular flexibility index (Phi) is 9.08. The molecule has 4 aliphatic rings. The third-order valence-corrected chi connectivity index (χ3v) is 10.7. The number of ketones is 1. The fourth-order valence-corrected chi connectivity index (χ4v) is 8.39. The molecule has 2 heterocycles. The van der Waals surface area contributed by atoms with Gasteiger partial charge >= 0.3 is 11.9 Å². The number of hydrogen-bond acceptors (Lipinski definition) is 11. The molecule has 0 unspecified atom stereocenters. The van der Waals surface area contributed by atoms with Crippen LogP contribution in [0.5, 0.6) is 0 Å². The molecule has 42 heavy (non-hydrogen) atoms. The minimum absolute atomic E-state index is 0.108. The Morgan fingerprint density at radius 3 is 2.33 bits per heavy atom. The van der Waals surface area contributed by atoms with Crippen molar-refractivity contribution < 1.29 is 43.5 Å². The zero-order valence-corrected chi connectivity index (χ0v) is 26.3. The summed E-state index contributed by atoms with van der Waals surface area (Å²) >= 11 is 0. The van der Waals surface area contributed by atoms with Crippen LogP contribution in [0.3, 0.4) is 0 Å². The third-order valence-electron chi connectivity index (χ3n) is 10.7. The Bertz CT molecular complexity index is 1070. The van der Waals surface area contributed by atoms with Gasteiger partial charge in [0.1, 0.15) is 18.3 Å². The molecular weight excluding hydrogens is 544 g/mol. The topological polar surface area (TPSA) is 135 Å². The number of likely N-dealkylation sites (N-methyl/N-ethyl adjacent to an activating group) is 1. The number of aliphatic hydroxyl groups excluding tert-OH is 1. The molecule has 0 aromatic heterocycles. The first kappa shape index (κ1) is 33.0. The number of methoxy groups -OCH3 is 1. The molecule has 2 aliphatic heterocycles. The Morgan fingerprint density at radius 2 is 1.74 bits per heavy atom. The summed E-state index contributed by atoms with van der Waals surface area (Å²) in [7, 11) is 3.41. The maximum Gasteiger partial charge on any atom is 0.332 e. The van der Waals surface area contributed by atoms with Gasteiger partial charge in [-0.05, 0) is 39.2 Å². The van der Waals surface area contributed by atoms with Crippen molar-refractivity contribution in [1.29, 1.82) is 0 Å². The van der Waals surface area contributed by atoms with Crippen LogP contribution < -0.4 is 0 Å². The van der Waals surface area contributed by atoms with Gasteiger partial charge in [-0.25, -0.2) is 4.79 Å². The molecule has 2 N–H and O–H groups in total. The van der Waals surface area contributed by atoms with Gasteiger partial charge in [-0.15, -0.1) is 6.58 Å². The Labute approximate surface area is 249 Å². The Morgan fingerprint density at radius 1 is 1.10 bits per heavy atom. The van der Waals surface area contributed by atoms with E-state index in [0.29, 0.717) is 19.4 Å². The number of esters is 2. The minimum Gasteiger partial charge on any atom is -0.458 e. The van der Waals surface area contributed by atoms with Crippen LogP contribution in [0.15, 0.2) is 12.7 Å². The summed E-state index contributed by atoms with van der Waals surface area (Å²) < 4.78 is 23.8. The molecule has 0 amide bonds. The van der Waals surface area contributed by atoms with E-state index in [2.05, 4.69) is 23.4 Å². The Balaban J connectivity index is 1.81. The fraction of sp³-hybridized carbons (Fsp3) is 0.839. The van der Waals surface area contributed by atoms with E-state index in [0.717, 1.165) is 26.2 Å². The number of fused-ring (bicyclic) bond motifs is 3. The highest BCUT2D eigenvalue weighted by Crippen LogP contribution is 2.67. The second-order valence-corrected chi connectivity index (χ2v) is 14.0. The van der Waals surface area contributed by atoms with E-state index < -0.39 is 76.2 Å². The number of piperazine rings is 1. The van der Waals surface area contributed by atoms with Gasteiger partial charge in [0.25, 0.3) is 0 Å². The molecule has 0 spiro atoms. The number of Topliss-reactive ketones (excluding diaryl/α,β-unsaturated/α-hetero) is 1. The monoisotopic (exact) mass is 594 g/mol. The van der Waals surface area contributed by atoms with E-state index in [9.17, 15) is 24.6 Å². The lowest BCUT2D eigenvalue weighted by Crippen LogP contribution is -2.87. The van der Waals surface area contributed by atoms with Gasteiger partial charge in [0.2, 0.25) is 0 Å². The molecule has 4 fully saturated rings. The smallest absolute Gasteiger partial charge is 0.332 e. The van der Waals surface area contributed by atoms with E-state index in [1.165, 1.54) is 20.1 Å². The summed E-state index contributed by atoms with van der Waals surface area (Å²) in [4.78, 5) is 45.2. The predicted octanol–water partition coefficient (Wildman–Crippen LogP) is 1.33. The summed E-state index contributed by atoms with van der Waals surface area (Å²) in [6, 6.07) is 0. The number of hydrogen-bond donors (Lipinski definition) is 2. The lowest BCUT2D eigenvalue weighted by Gasteiger charge is -2.71. The first-order chi connectivity index (χ1) is 19.5. The summed E-state index contributed by atoms with van der Waals surface area (Å²) in [5, 5.41) is 24.4. The molecule has 4 rings (SSSR count). The van der Waals surface area contributed by atoms with Gasteiger partial charge in [0.05, 0.1) is 18.1 Å². The zero-order chi connectivity index (χ0) is 31.3. The molecular formula is C31H50N2O9. The molecule has 238 valence electrons. The Hall–Kier alpha value is -1.89. The van der Waals surface area contributed by atoms with Crippen molar-refractivity contribution in [2.24, 2.45) is 16.7 Å². The quantitative estimate of drug-likeness (QED) is 0.311. The van der Waals surface area contributed by atoms with Crippen LogP contribution in [0.2, 0.25) is 0 Å². The molecule has 2 saturated heterocycles. The summed E-state index contributed by atoms with van der Waals surface area (Å²) in [6.07, 6.45) is -1.38. The van der Waals surface area contributed by atoms with E-state index >= 15 is 0 Å². The zero-order valence-electron chi connectivity index (χ0n) is 26.3. The number of carbonyl (C=O) groups excluding carboxylic acids is 3. The second kappa shape index (κ2) is 11.6. The molecule has 11 nitrogen and oxygen atoms in total. The van der Waals surface area contributed by atoms with E-state index in [4.69, 9.17) is 18.9 Å². The molecule has 0 bridgehead atoms. The van der Waals surface area contributed by atoms with Crippen LogP contribution in [-0.2, 0) is 33.3 Å². The van der Waals surface area contributed by atoms with Crippen LogP contribution in [0.4, 0.5) is 0 Å². The maximum atomic E-state index is 14.2. The highest BCUT2D eigenvalue weighted by Gasteiger charge is 2.82. The van der Waals surface area contributed by atoms with Gasteiger partial charge in [0, 0.05) is 57.6 Å². The van der Waals surface area contributed by atoms with Gasteiger partial charge in [-0.1, -0.05) is 26.8 Å². The first-order valence-electron chi connectivity index (χ1n) is 15.1. The average molecular weight is 595 g/mol. The fourth-order valence-electron chi connectivity index (χ4n) is 8.39. The van der Waals surface area contributed by atoms with Crippen LogP contribution in [0.1, 0.15) is 60.3 Å². The minimum atomic E-state index is -2.29. The van der Waals surface area contributed by atoms with Crippen molar-refractivity contribution in [2.45, 2.75) is 95.4 Å². The van der Waals surface area contributed by atoms with Gasteiger partial charge in [0.15, 0.2) is 17.5 Å². The number of rotatable bonds is 8. The standard InChI is InChI=1S/C31H50N2O9/c1-9-28(4)18-21(35)31(38)29(5)20(34)10-12-27(2,3)25(29)24(26(30(31,6)42-28)41-23(37)19-39-8)40-22(36)11-13-33-16-14-32(7)15-17-33/h9,20,24-26,34,38H,1,10-19H2,2-8H3/t20-,24-,25-,26-,28-,29-,30+,31-/m0/s1. The first-order valence-corrected chi connectivity index (χ1v) is 15.1. The van der Waals surface area contributed by atoms with Crippen molar-refractivity contribution in [2.75, 3.05) is 53.5 Å². The summed E-state index contributed by atoms with van der Waals surface area (Å²) in [5.74, 6) is -2.56. The molecule has 0 radical (unpaired) electrons. The molecule has 2 saturated carbocycles. The van der Waals surface area contributed by atoms with Crippen molar-refractivity contribution in [3.8, 4) is 0 Å². The van der Waals surface area contributed by atoms with Crippen LogP contribution in [0.25, 0.3) is 0 Å². The predicted molar refractivity (Wildman–Crippen MR) is 153 cm³/mol. The summed E-state index contributed by atoms with van der Waals surface area (Å²) in [6.45, 7) is 16.2. The van der Waals surface area contributed by atoms with Crippen LogP contribution in [0, 0.1) is 16.7 Å². The van der Waals surface area contributed by atoms with E-state index in [1.807, 2.05) is 13.8 Å². The third kappa shape index (κ3) is 5.24. The van der Waals surface area contributed by atoms with Crippen molar-refractivity contribution in [1.82, 2.24) is 9.80 Å². The number of carbonyl (C=O) groups is 3. The van der Waals surface area contributed by atoms with Crippen molar-refractivity contribution in [3.63, 3.8) is 0 Å². The number of aliphatic hydroxyl groups is 2. The van der Waals surface area contributed by atoms with Gasteiger partial charge in [-0.3, -0.25) is 9.59 Å². The molecule has 8 atom stereocenters. The number of ether oxygens (including phenoxy) is 4. The average Bonchev–Trinajstić information content (AvgIpc) is 2.91. The lowest BCUT2D eigenvalue weighted by molar-refractivity contribution is -0.371. The van der Waals surface area contributed by atoms with Gasteiger partial charge in [-0.2, -0.15) is 0 Å². The molecule has 11 heteroatoms. The molecule has 0 aromatic carbocycles.